The summed E-state index contributed by atoms with van der Waals surface area (Å²) >= 11 is 0. The van der Waals surface area contributed by atoms with E-state index >= 15 is 0 Å². The number of aliphatic imine (C=N–C) groups is 1. The number of ether oxygens (including phenoxy) is 1. The maximum atomic E-state index is 5.16. The molecule has 0 unspecified atom stereocenters. The van der Waals surface area contributed by atoms with Crippen molar-refractivity contribution >= 4 is 5.96 Å². The molecule has 1 saturated heterocycles. The molecule has 1 aliphatic heterocycles. The number of rotatable bonds is 8. The molecular weight excluding hydrogens is 360 g/mol. The zero-order valence-electron chi connectivity index (χ0n) is 18.4. The maximum absolute atomic E-state index is 5.16. The maximum Gasteiger partial charge on any atom is 0.191 e. The minimum Gasteiger partial charge on any atom is -0.385 e. The summed E-state index contributed by atoms with van der Waals surface area (Å²) in [6.07, 6.45) is 8.75. The van der Waals surface area contributed by atoms with Crippen LogP contribution in [0, 0.1) is 5.92 Å². The lowest BCUT2D eigenvalue weighted by Crippen LogP contribution is -2.49. The Balaban J connectivity index is 1.32. The molecule has 0 bridgehead atoms. The Bertz CT molecular complexity index is 590. The molecule has 1 aliphatic carbocycles. The molecule has 2 aliphatic rings. The summed E-state index contributed by atoms with van der Waals surface area (Å²) in [5.74, 6) is 2.49. The van der Waals surface area contributed by atoms with Crippen LogP contribution in [0.5, 0.6) is 0 Å². The van der Waals surface area contributed by atoms with Crippen LogP contribution in [0.15, 0.2) is 35.3 Å². The molecule has 2 N–H and O–H groups in total. The average Bonchev–Trinajstić information content (AvgIpc) is 2.79. The van der Waals surface area contributed by atoms with Crippen LogP contribution in [0.25, 0.3) is 0 Å². The van der Waals surface area contributed by atoms with Gasteiger partial charge >= 0.3 is 0 Å². The number of likely N-dealkylation sites (tertiary alicyclic amines) is 1. The predicted molar refractivity (Wildman–Crippen MR) is 122 cm³/mol. The number of guanidine groups is 1. The van der Waals surface area contributed by atoms with E-state index in [-0.39, 0.29) is 0 Å². The zero-order chi connectivity index (χ0) is 20.3. The molecule has 1 aromatic rings. The third kappa shape index (κ3) is 7.31. The molecular formula is C24H40N4O. The summed E-state index contributed by atoms with van der Waals surface area (Å²) in [5.41, 5.74) is 1.52. The monoisotopic (exact) mass is 400 g/mol. The van der Waals surface area contributed by atoms with E-state index in [1.54, 1.807) is 7.11 Å². The first-order valence-electron chi connectivity index (χ1n) is 11.5. The zero-order valence-corrected chi connectivity index (χ0v) is 18.4. The summed E-state index contributed by atoms with van der Waals surface area (Å²) in [7, 11) is 3.67. The average molecular weight is 401 g/mol. The van der Waals surface area contributed by atoms with Crippen LogP contribution in [0.2, 0.25) is 0 Å². The van der Waals surface area contributed by atoms with Gasteiger partial charge in [0, 0.05) is 53.0 Å². The lowest BCUT2D eigenvalue weighted by Gasteiger charge is -2.33. The fraction of sp³-hybridized carbons (Fsp3) is 0.708. The SMILES string of the molecule is CN=C(NCC1CCC(c2ccccc2)CC1)NC1CCN(CCCOC)CC1. The van der Waals surface area contributed by atoms with Crippen molar-refractivity contribution in [2.45, 2.75) is 56.9 Å². The Kier molecular flexibility index (Phi) is 9.29. The fourth-order valence-electron chi connectivity index (χ4n) is 4.79. The van der Waals surface area contributed by atoms with E-state index in [0.29, 0.717) is 6.04 Å². The van der Waals surface area contributed by atoms with Crippen molar-refractivity contribution in [1.29, 1.82) is 0 Å². The van der Waals surface area contributed by atoms with Crippen molar-refractivity contribution in [1.82, 2.24) is 15.5 Å². The highest BCUT2D eigenvalue weighted by Crippen LogP contribution is 2.35. The van der Waals surface area contributed by atoms with Gasteiger partial charge in [0.2, 0.25) is 0 Å². The summed E-state index contributed by atoms with van der Waals surface area (Å²) in [6, 6.07) is 11.6. The van der Waals surface area contributed by atoms with Crippen molar-refractivity contribution in [2.24, 2.45) is 10.9 Å². The van der Waals surface area contributed by atoms with Crippen LogP contribution in [0.3, 0.4) is 0 Å². The third-order valence-electron chi connectivity index (χ3n) is 6.65. The van der Waals surface area contributed by atoms with E-state index in [9.17, 15) is 0 Å². The summed E-state index contributed by atoms with van der Waals surface area (Å²) < 4.78 is 5.16. The van der Waals surface area contributed by atoms with Crippen LogP contribution in [0.1, 0.15) is 56.4 Å². The minimum atomic E-state index is 0.536. The molecule has 162 valence electrons. The number of hydrogen-bond acceptors (Lipinski definition) is 3. The fourth-order valence-corrected chi connectivity index (χ4v) is 4.79. The van der Waals surface area contributed by atoms with Crippen LogP contribution in [-0.4, -0.2) is 63.8 Å². The van der Waals surface area contributed by atoms with E-state index in [4.69, 9.17) is 4.74 Å². The first-order chi connectivity index (χ1) is 14.3. The topological polar surface area (TPSA) is 48.9 Å². The lowest BCUT2D eigenvalue weighted by molar-refractivity contribution is 0.155. The molecule has 2 fully saturated rings. The quantitative estimate of drug-likeness (QED) is 0.397. The number of piperidine rings is 1. The summed E-state index contributed by atoms with van der Waals surface area (Å²) in [6.45, 7) is 5.39. The highest BCUT2D eigenvalue weighted by molar-refractivity contribution is 5.79. The van der Waals surface area contributed by atoms with Gasteiger partial charge in [-0.25, -0.2) is 0 Å². The molecule has 1 aromatic carbocycles. The Morgan fingerprint density at radius 3 is 2.45 bits per heavy atom. The minimum absolute atomic E-state index is 0.536. The van der Waals surface area contributed by atoms with Gasteiger partial charge < -0.3 is 20.3 Å². The molecule has 1 saturated carbocycles. The number of nitrogens with zero attached hydrogens (tertiary/aromatic N) is 2. The Morgan fingerprint density at radius 1 is 1.07 bits per heavy atom. The molecule has 0 aromatic heterocycles. The molecule has 3 rings (SSSR count). The summed E-state index contributed by atoms with van der Waals surface area (Å²) in [5, 5.41) is 7.26. The van der Waals surface area contributed by atoms with Gasteiger partial charge in [0.1, 0.15) is 0 Å². The Labute approximate surface area is 177 Å². The molecule has 1 heterocycles. The molecule has 5 nitrogen and oxygen atoms in total. The standard InChI is InChI=1S/C24H40N4O/c1-25-24(27-23-13-16-28(17-14-23)15-6-18-29-2)26-19-20-9-11-22(12-10-20)21-7-4-3-5-8-21/h3-5,7-8,20,22-23H,6,9-19H2,1-2H3,(H2,25,26,27). The van der Waals surface area contributed by atoms with Crippen molar-refractivity contribution in [3.63, 3.8) is 0 Å². The Hall–Kier alpha value is -1.59. The third-order valence-corrected chi connectivity index (χ3v) is 6.65. The smallest absolute Gasteiger partial charge is 0.191 e. The molecule has 0 radical (unpaired) electrons. The normalized spacial score (nSPS) is 24.4. The van der Waals surface area contributed by atoms with Crippen molar-refractivity contribution in [3.8, 4) is 0 Å². The van der Waals surface area contributed by atoms with Crippen molar-refractivity contribution < 1.29 is 4.74 Å². The number of benzene rings is 1. The number of hydrogen-bond donors (Lipinski definition) is 2. The molecule has 5 heteroatoms. The van der Waals surface area contributed by atoms with Gasteiger partial charge in [0.05, 0.1) is 0 Å². The molecule has 0 atom stereocenters. The molecule has 0 amide bonds. The predicted octanol–water partition coefficient (Wildman–Crippen LogP) is 3.63. The van der Waals surface area contributed by atoms with E-state index < -0.39 is 0 Å². The van der Waals surface area contributed by atoms with Gasteiger partial charge in [0.25, 0.3) is 0 Å². The van der Waals surface area contributed by atoms with E-state index in [1.165, 1.54) is 57.2 Å². The van der Waals surface area contributed by atoms with Gasteiger partial charge in [-0.05, 0) is 62.3 Å². The van der Waals surface area contributed by atoms with E-state index in [0.717, 1.165) is 43.9 Å². The van der Waals surface area contributed by atoms with Crippen LogP contribution < -0.4 is 10.6 Å². The van der Waals surface area contributed by atoms with Gasteiger partial charge in [-0.15, -0.1) is 0 Å². The number of nitrogens with one attached hydrogen (secondary N) is 2. The number of methoxy groups -OCH3 is 1. The van der Waals surface area contributed by atoms with Crippen LogP contribution in [-0.2, 0) is 4.74 Å². The first-order valence-corrected chi connectivity index (χ1v) is 11.5. The lowest BCUT2D eigenvalue weighted by atomic mass is 9.79. The van der Waals surface area contributed by atoms with Gasteiger partial charge in [-0.3, -0.25) is 4.99 Å². The van der Waals surface area contributed by atoms with E-state index in [1.807, 2.05) is 7.05 Å². The largest absolute Gasteiger partial charge is 0.385 e. The second kappa shape index (κ2) is 12.2. The van der Waals surface area contributed by atoms with Crippen LogP contribution >= 0.6 is 0 Å². The summed E-state index contributed by atoms with van der Waals surface area (Å²) in [4.78, 5) is 7.03. The first kappa shape index (κ1) is 22.1. The van der Waals surface area contributed by atoms with Gasteiger partial charge in [0.15, 0.2) is 5.96 Å². The molecule has 29 heavy (non-hydrogen) atoms. The van der Waals surface area contributed by atoms with Gasteiger partial charge in [-0.2, -0.15) is 0 Å². The second-order valence-corrected chi connectivity index (χ2v) is 8.69. The highest BCUT2D eigenvalue weighted by Gasteiger charge is 2.23. The molecule has 0 spiro atoms. The van der Waals surface area contributed by atoms with E-state index in [2.05, 4.69) is 50.9 Å². The van der Waals surface area contributed by atoms with Crippen molar-refractivity contribution in [2.75, 3.05) is 46.9 Å². The Morgan fingerprint density at radius 2 is 1.79 bits per heavy atom. The van der Waals surface area contributed by atoms with Crippen molar-refractivity contribution in [3.05, 3.63) is 35.9 Å². The van der Waals surface area contributed by atoms with Gasteiger partial charge in [-0.1, -0.05) is 30.3 Å². The highest BCUT2D eigenvalue weighted by atomic mass is 16.5. The second-order valence-electron chi connectivity index (χ2n) is 8.69. The van der Waals surface area contributed by atoms with Crippen LogP contribution in [0.4, 0.5) is 0 Å².